The van der Waals surface area contributed by atoms with Crippen LogP contribution in [0.3, 0.4) is 0 Å². The lowest BCUT2D eigenvalue weighted by molar-refractivity contribution is 0.101. The van der Waals surface area contributed by atoms with E-state index in [2.05, 4.69) is 37.3 Å². The Morgan fingerprint density at radius 1 is 1.48 bits per heavy atom. The number of halogens is 2. The average molecular weight is 347 g/mol. The van der Waals surface area contributed by atoms with Gasteiger partial charge in [0.1, 0.15) is 5.69 Å². The molecule has 2 unspecified atom stereocenters. The van der Waals surface area contributed by atoms with Crippen LogP contribution in [-0.4, -0.2) is 15.7 Å². The largest absolute Gasteiger partial charge is 0.322 e. The van der Waals surface area contributed by atoms with Gasteiger partial charge in [-0.15, -0.1) is 0 Å². The summed E-state index contributed by atoms with van der Waals surface area (Å²) in [6.07, 6.45) is 0.575. The Morgan fingerprint density at radius 2 is 2.20 bits per heavy atom. The molecule has 6 heteroatoms. The molecule has 25 heavy (non-hydrogen) atoms. The van der Waals surface area contributed by atoms with E-state index in [9.17, 15) is 13.6 Å². The van der Waals surface area contributed by atoms with E-state index in [4.69, 9.17) is 0 Å². The van der Waals surface area contributed by atoms with Crippen molar-refractivity contribution in [3.8, 4) is 0 Å². The van der Waals surface area contributed by atoms with Crippen LogP contribution < -0.4 is 5.32 Å². The van der Waals surface area contributed by atoms with Gasteiger partial charge in [0.15, 0.2) is 0 Å². The molecule has 1 N–H and O–H groups in total. The van der Waals surface area contributed by atoms with Gasteiger partial charge in [-0.05, 0) is 41.4 Å². The lowest BCUT2D eigenvalue weighted by Crippen LogP contribution is -2.17. The van der Waals surface area contributed by atoms with Crippen molar-refractivity contribution in [1.82, 2.24) is 9.78 Å². The van der Waals surface area contributed by atoms with Crippen LogP contribution in [0.5, 0.6) is 0 Å². The maximum atomic E-state index is 13.1. The molecule has 1 amide bonds. The molecule has 1 aliphatic carbocycles. The molecular weight excluding hydrogens is 324 g/mol. The number of aromatic nitrogens is 2. The van der Waals surface area contributed by atoms with E-state index in [1.54, 1.807) is 0 Å². The van der Waals surface area contributed by atoms with Crippen LogP contribution in [-0.2, 0) is 12.5 Å². The number of amides is 1. The van der Waals surface area contributed by atoms with Gasteiger partial charge in [0.25, 0.3) is 12.3 Å². The Morgan fingerprint density at radius 3 is 2.84 bits per heavy atom. The van der Waals surface area contributed by atoms with Crippen molar-refractivity contribution >= 4 is 11.6 Å². The molecular formula is C19H23F2N3O. The number of benzene rings is 1. The summed E-state index contributed by atoms with van der Waals surface area (Å²) in [7, 11) is 1.53. The lowest BCUT2D eigenvalue weighted by atomic mass is 9.81. The second-order valence-electron chi connectivity index (χ2n) is 7.14. The molecule has 1 aromatic carbocycles. The van der Waals surface area contributed by atoms with Gasteiger partial charge in [-0.1, -0.05) is 32.9 Å². The molecule has 2 atom stereocenters. The Labute approximate surface area is 146 Å². The Balaban J connectivity index is 1.97. The predicted octanol–water partition coefficient (Wildman–Crippen LogP) is 4.78. The third kappa shape index (κ3) is 2.94. The van der Waals surface area contributed by atoms with Crippen LogP contribution in [0.15, 0.2) is 24.4 Å². The van der Waals surface area contributed by atoms with Crippen LogP contribution in [0.2, 0.25) is 0 Å². The molecule has 1 heterocycles. The summed E-state index contributed by atoms with van der Waals surface area (Å²) < 4.78 is 27.5. The predicted molar refractivity (Wildman–Crippen MR) is 93.2 cm³/mol. The number of fused-ring (bicyclic) bond motifs is 1. The van der Waals surface area contributed by atoms with Gasteiger partial charge in [-0.2, -0.15) is 5.10 Å². The van der Waals surface area contributed by atoms with E-state index < -0.39 is 18.0 Å². The number of carbonyl (C=O) groups is 1. The first-order valence-electron chi connectivity index (χ1n) is 8.53. The minimum absolute atomic E-state index is 0.0813. The molecule has 3 rings (SSSR count). The quantitative estimate of drug-likeness (QED) is 0.865. The maximum absolute atomic E-state index is 13.1. The summed E-state index contributed by atoms with van der Waals surface area (Å²) in [5.41, 5.74) is 2.57. The van der Waals surface area contributed by atoms with Gasteiger partial charge in [0, 0.05) is 18.9 Å². The van der Waals surface area contributed by atoms with Gasteiger partial charge < -0.3 is 5.32 Å². The number of hydrogen-bond acceptors (Lipinski definition) is 2. The molecule has 1 aromatic heterocycles. The number of aryl methyl sites for hydroxylation is 1. The zero-order valence-electron chi connectivity index (χ0n) is 14.9. The molecule has 134 valence electrons. The number of carbonyl (C=O) groups excluding carboxylic acids is 1. The first-order chi connectivity index (χ1) is 11.8. The SMILES string of the molecule is CCC1(C)CC(C)c2c(NC(=O)c3cn(C)nc3C(F)F)cccc21. The fourth-order valence-corrected chi connectivity index (χ4v) is 3.99. The van der Waals surface area contributed by atoms with Crippen molar-refractivity contribution in [3.63, 3.8) is 0 Å². The number of rotatable bonds is 4. The molecule has 4 nitrogen and oxygen atoms in total. The zero-order chi connectivity index (χ0) is 18.4. The molecule has 2 aromatic rings. The topological polar surface area (TPSA) is 46.9 Å². The van der Waals surface area contributed by atoms with Crippen molar-refractivity contribution in [2.24, 2.45) is 7.05 Å². The number of anilines is 1. The third-order valence-corrected chi connectivity index (χ3v) is 5.34. The fraction of sp³-hybridized carbons (Fsp3) is 0.474. The third-order valence-electron chi connectivity index (χ3n) is 5.34. The molecule has 0 saturated heterocycles. The van der Waals surface area contributed by atoms with Crippen LogP contribution in [0.4, 0.5) is 14.5 Å². The minimum Gasteiger partial charge on any atom is -0.322 e. The van der Waals surface area contributed by atoms with Crippen LogP contribution in [0.1, 0.15) is 73.1 Å². The van der Waals surface area contributed by atoms with Crippen molar-refractivity contribution < 1.29 is 13.6 Å². The number of alkyl halides is 2. The molecule has 0 fully saturated rings. The first-order valence-corrected chi connectivity index (χ1v) is 8.53. The summed E-state index contributed by atoms with van der Waals surface area (Å²) >= 11 is 0. The average Bonchev–Trinajstić information content (AvgIpc) is 3.07. The summed E-state index contributed by atoms with van der Waals surface area (Å²) in [4.78, 5) is 12.6. The number of nitrogens with one attached hydrogen (secondary N) is 1. The van der Waals surface area contributed by atoms with Crippen molar-refractivity contribution in [1.29, 1.82) is 0 Å². The smallest absolute Gasteiger partial charge is 0.282 e. The van der Waals surface area contributed by atoms with E-state index >= 15 is 0 Å². The Bertz CT molecular complexity index is 815. The van der Waals surface area contributed by atoms with Crippen LogP contribution >= 0.6 is 0 Å². The minimum atomic E-state index is -2.79. The number of nitrogens with zero attached hydrogens (tertiary/aromatic N) is 2. The number of hydrogen-bond donors (Lipinski definition) is 1. The van der Waals surface area contributed by atoms with E-state index in [1.807, 2.05) is 12.1 Å². The van der Waals surface area contributed by atoms with E-state index in [0.717, 1.165) is 18.4 Å². The summed E-state index contributed by atoms with van der Waals surface area (Å²) in [6, 6.07) is 5.86. The Kier molecular flexibility index (Phi) is 4.39. The molecule has 0 spiro atoms. The van der Waals surface area contributed by atoms with Gasteiger partial charge in [0.05, 0.1) is 5.56 Å². The highest BCUT2D eigenvalue weighted by atomic mass is 19.3. The monoisotopic (exact) mass is 347 g/mol. The normalized spacial score (nSPS) is 22.3. The van der Waals surface area contributed by atoms with Crippen molar-refractivity contribution in [3.05, 3.63) is 46.8 Å². The summed E-state index contributed by atoms with van der Waals surface area (Å²) in [5.74, 6) is -0.242. The van der Waals surface area contributed by atoms with Gasteiger partial charge in [-0.25, -0.2) is 8.78 Å². The van der Waals surface area contributed by atoms with Gasteiger partial charge in [0.2, 0.25) is 0 Å². The highest BCUT2D eigenvalue weighted by molar-refractivity contribution is 6.05. The first kappa shape index (κ1) is 17.6. The fourth-order valence-electron chi connectivity index (χ4n) is 3.99. The summed E-state index contributed by atoms with van der Waals surface area (Å²) in [5, 5.41) is 6.54. The molecule has 1 aliphatic rings. The standard InChI is InChI=1S/C19H23F2N3O/c1-5-19(3)9-11(2)15-13(19)7-6-8-14(15)22-18(25)12-10-24(4)23-16(12)17(20)21/h6-8,10-11,17H,5,9H2,1-4H3,(H,22,25). The van der Waals surface area contributed by atoms with Crippen LogP contribution in [0.25, 0.3) is 0 Å². The molecule has 0 aliphatic heterocycles. The summed E-state index contributed by atoms with van der Waals surface area (Å²) in [6.45, 7) is 6.54. The van der Waals surface area contributed by atoms with Crippen molar-refractivity contribution in [2.75, 3.05) is 5.32 Å². The maximum Gasteiger partial charge on any atom is 0.282 e. The van der Waals surface area contributed by atoms with E-state index in [0.29, 0.717) is 11.6 Å². The lowest BCUT2D eigenvalue weighted by Gasteiger charge is -2.23. The molecule has 0 bridgehead atoms. The van der Waals surface area contributed by atoms with Crippen molar-refractivity contribution in [2.45, 2.75) is 51.4 Å². The van der Waals surface area contributed by atoms with Gasteiger partial charge >= 0.3 is 0 Å². The second-order valence-corrected chi connectivity index (χ2v) is 7.14. The van der Waals surface area contributed by atoms with Gasteiger partial charge in [-0.3, -0.25) is 9.48 Å². The van der Waals surface area contributed by atoms with Crippen LogP contribution in [0, 0.1) is 0 Å². The Hall–Kier alpha value is -2.24. The molecule has 0 radical (unpaired) electrons. The van der Waals surface area contributed by atoms with E-state index in [1.165, 1.54) is 23.5 Å². The van der Waals surface area contributed by atoms with E-state index in [-0.39, 0.29) is 11.0 Å². The second kappa shape index (κ2) is 6.24. The highest BCUT2D eigenvalue weighted by Crippen LogP contribution is 2.50. The zero-order valence-corrected chi connectivity index (χ0v) is 14.9. The molecule has 0 saturated carbocycles. The highest BCUT2D eigenvalue weighted by Gasteiger charge is 2.38.